The summed E-state index contributed by atoms with van der Waals surface area (Å²) in [6.07, 6.45) is 2.19. The number of nitrogen functional groups attached to an aromatic ring is 1. The van der Waals surface area contributed by atoms with E-state index in [1.165, 1.54) is 0 Å². The third-order valence-corrected chi connectivity index (χ3v) is 8.06. The first-order chi connectivity index (χ1) is 20.6. The van der Waals surface area contributed by atoms with E-state index < -0.39 is 0 Å². The monoisotopic (exact) mass is 578 g/mol. The summed E-state index contributed by atoms with van der Waals surface area (Å²) in [5.41, 5.74) is 11.7. The van der Waals surface area contributed by atoms with Gasteiger partial charge in [0.1, 0.15) is 11.6 Å². The van der Waals surface area contributed by atoms with Gasteiger partial charge in [-0.05, 0) is 86.3 Å². The van der Waals surface area contributed by atoms with Crippen molar-refractivity contribution >= 4 is 29.0 Å². The Labute approximate surface area is 254 Å². The van der Waals surface area contributed by atoms with E-state index in [4.69, 9.17) is 10.8 Å². The lowest BCUT2D eigenvalue weighted by Crippen LogP contribution is -2.34. The topological polar surface area (TPSA) is 114 Å². The van der Waals surface area contributed by atoms with Gasteiger partial charge in [0.2, 0.25) is 0 Å². The predicted octanol–water partition coefficient (Wildman–Crippen LogP) is 6.60. The molecule has 8 nitrogen and oxygen atoms in total. The Kier molecular flexibility index (Phi) is 8.97. The van der Waals surface area contributed by atoms with Crippen molar-refractivity contribution < 1.29 is 9.59 Å². The lowest BCUT2D eigenvalue weighted by molar-refractivity contribution is -0.121. The number of nitrogens with two attached hydrogens (primary N) is 1. The number of hydrogen-bond donors (Lipinski definition) is 4. The molecule has 1 atom stereocenters. The van der Waals surface area contributed by atoms with Gasteiger partial charge in [-0.15, -0.1) is 0 Å². The number of nitrogens with zero attached hydrogens (tertiary/aromatic N) is 2. The van der Waals surface area contributed by atoms with E-state index in [9.17, 15) is 9.59 Å². The van der Waals surface area contributed by atoms with Gasteiger partial charge in [-0.3, -0.25) is 10.1 Å². The van der Waals surface area contributed by atoms with Crippen LogP contribution in [-0.4, -0.2) is 34.7 Å². The number of piperidine rings is 1. The van der Waals surface area contributed by atoms with Gasteiger partial charge in [-0.1, -0.05) is 62.7 Å². The predicted molar refractivity (Wildman–Crippen MR) is 174 cm³/mol. The van der Waals surface area contributed by atoms with Crippen LogP contribution in [-0.2, 0) is 16.6 Å². The fourth-order valence-corrected chi connectivity index (χ4v) is 5.65. The van der Waals surface area contributed by atoms with Gasteiger partial charge in [0.05, 0.1) is 11.4 Å². The molecule has 1 saturated heterocycles. The van der Waals surface area contributed by atoms with Crippen LogP contribution in [0.1, 0.15) is 61.9 Å². The molecule has 0 spiro atoms. The van der Waals surface area contributed by atoms with Gasteiger partial charge in [0.25, 0.3) is 0 Å². The second kappa shape index (κ2) is 12.8. The Bertz CT molecular complexity index is 1560. The van der Waals surface area contributed by atoms with Crippen LogP contribution >= 0.6 is 0 Å². The number of carbonyl (C=O) groups excluding carboxylic acids is 2. The smallest absolute Gasteiger partial charge is 0.324 e. The molecule has 1 aliphatic rings. The molecule has 1 aliphatic heterocycles. The summed E-state index contributed by atoms with van der Waals surface area (Å²) in [5.74, 6) is 0.719. The number of aryl methyl sites for hydroxylation is 1. The summed E-state index contributed by atoms with van der Waals surface area (Å²) in [7, 11) is 0. The van der Waals surface area contributed by atoms with E-state index in [-0.39, 0.29) is 29.1 Å². The Morgan fingerprint density at radius 1 is 0.977 bits per heavy atom. The molecule has 43 heavy (non-hydrogen) atoms. The van der Waals surface area contributed by atoms with E-state index in [0.717, 1.165) is 54.0 Å². The summed E-state index contributed by atoms with van der Waals surface area (Å²) in [4.78, 5) is 27.1. The molecule has 0 saturated carbocycles. The largest absolute Gasteiger partial charge is 0.399 e. The summed E-state index contributed by atoms with van der Waals surface area (Å²) < 4.78 is 1.76. The van der Waals surface area contributed by atoms with E-state index in [2.05, 4.69) is 36.7 Å². The zero-order valence-electron chi connectivity index (χ0n) is 25.5. The molecule has 0 aliphatic carbocycles. The molecule has 2 heterocycles. The molecule has 0 bridgehead atoms. The number of hydrogen-bond acceptors (Lipinski definition) is 5. The maximum Gasteiger partial charge on any atom is 0.324 e. The molecule has 1 unspecified atom stereocenters. The molecule has 8 heteroatoms. The molecular weight excluding hydrogens is 536 g/mol. The number of Topliss-reactive ketones (excluding diaryl/α,β-unsaturated/α-hetero) is 1. The van der Waals surface area contributed by atoms with Crippen molar-refractivity contribution in [3.05, 3.63) is 101 Å². The third-order valence-electron chi connectivity index (χ3n) is 8.06. The van der Waals surface area contributed by atoms with Crippen molar-refractivity contribution in [3.63, 3.8) is 0 Å². The van der Waals surface area contributed by atoms with Crippen LogP contribution in [0.2, 0.25) is 0 Å². The van der Waals surface area contributed by atoms with Crippen LogP contribution in [0.15, 0.2) is 78.9 Å². The first-order valence-corrected chi connectivity index (χ1v) is 15.0. The maximum absolute atomic E-state index is 13.8. The Balaban J connectivity index is 1.37. The summed E-state index contributed by atoms with van der Waals surface area (Å²) in [5, 5.41) is 14.2. The molecule has 1 fully saturated rings. The van der Waals surface area contributed by atoms with Crippen molar-refractivity contribution in [1.82, 2.24) is 15.1 Å². The molecule has 0 radical (unpaired) electrons. The van der Waals surface area contributed by atoms with Crippen molar-refractivity contribution in [2.24, 2.45) is 5.92 Å². The van der Waals surface area contributed by atoms with E-state index in [0.29, 0.717) is 23.6 Å². The highest BCUT2D eigenvalue weighted by Gasteiger charge is 2.31. The van der Waals surface area contributed by atoms with Gasteiger partial charge >= 0.3 is 6.03 Å². The van der Waals surface area contributed by atoms with E-state index >= 15 is 0 Å². The normalized spacial score (nSPS) is 14.7. The average Bonchev–Trinajstić information content (AvgIpc) is 3.40. The minimum absolute atomic E-state index is 0.176. The number of aromatic nitrogens is 2. The van der Waals surface area contributed by atoms with E-state index in [1.54, 1.807) is 4.68 Å². The number of anilines is 3. The third kappa shape index (κ3) is 7.51. The molecule has 2 amide bonds. The fourth-order valence-electron chi connectivity index (χ4n) is 5.65. The number of nitrogens with one attached hydrogen (secondary N) is 3. The van der Waals surface area contributed by atoms with Crippen molar-refractivity contribution in [3.8, 4) is 5.69 Å². The number of urea groups is 1. The van der Waals surface area contributed by atoms with Crippen molar-refractivity contribution in [2.45, 2.75) is 58.3 Å². The quantitative estimate of drug-likeness (QED) is 0.176. The molecular formula is C35H42N6O2. The van der Waals surface area contributed by atoms with Crippen LogP contribution in [0.4, 0.5) is 22.0 Å². The van der Waals surface area contributed by atoms with Crippen LogP contribution in [0.5, 0.6) is 0 Å². The average molecular weight is 579 g/mol. The van der Waals surface area contributed by atoms with Crippen LogP contribution in [0, 0.1) is 12.8 Å². The minimum atomic E-state index is -0.377. The second-order valence-electron chi connectivity index (χ2n) is 12.6. The van der Waals surface area contributed by atoms with Crippen molar-refractivity contribution in [1.29, 1.82) is 0 Å². The van der Waals surface area contributed by atoms with Gasteiger partial charge in [0.15, 0.2) is 0 Å². The summed E-state index contributed by atoms with van der Waals surface area (Å²) >= 11 is 0. The molecule has 5 rings (SSSR count). The number of rotatable bonds is 8. The van der Waals surface area contributed by atoms with Crippen molar-refractivity contribution in [2.75, 3.05) is 29.5 Å². The second-order valence-corrected chi connectivity index (χ2v) is 12.6. The van der Waals surface area contributed by atoms with E-state index in [1.807, 2.05) is 85.8 Å². The first kappa shape index (κ1) is 30.0. The highest BCUT2D eigenvalue weighted by Crippen LogP contribution is 2.34. The number of ketones is 1. The maximum atomic E-state index is 13.8. The summed E-state index contributed by atoms with van der Waals surface area (Å²) in [6.45, 7) is 10.1. The SMILES string of the molecule is Cc1ccc(-n2nc(C(C)(C)C)cc2NC(=O)Nc2cccc(C(C(=O)Cc3ccc(N)cc3)C3CCNCC3)c2)cc1. The van der Waals surface area contributed by atoms with Crippen LogP contribution in [0.3, 0.4) is 0 Å². The minimum Gasteiger partial charge on any atom is -0.399 e. The Morgan fingerprint density at radius 3 is 2.35 bits per heavy atom. The van der Waals surface area contributed by atoms with Crippen LogP contribution in [0.25, 0.3) is 5.69 Å². The molecule has 1 aromatic heterocycles. The lowest BCUT2D eigenvalue weighted by atomic mass is 9.76. The standard InChI is InChI=1S/C35H42N6O2/c1-23-8-14-29(15-9-23)41-32(22-31(40-41)35(2,3)4)39-34(43)38-28-7-5-6-26(21-28)33(25-16-18-37-19-17-25)30(42)20-24-10-12-27(36)13-11-24/h5-15,21-22,25,33,37H,16-20,36H2,1-4H3,(H2,38,39,43). The first-order valence-electron chi connectivity index (χ1n) is 15.0. The number of amides is 2. The van der Waals surface area contributed by atoms with Gasteiger partial charge in [-0.2, -0.15) is 5.10 Å². The number of carbonyl (C=O) groups is 2. The highest BCUT2D eigenvalue weighted by atomic mass is 16.2. The Morgan fingerprint density at radius 2 is 1.67 bits per heavy atom. The lowest BCUT2D eigenvalue weighted by Gasteiger charge is -2.30. The summed E-state index contributed by atoms with van der Waals surface area (Å²) in [6, 6.07) is 24.8. The van der Waals surface area contributed by atoms with Gasteiger partial charge in [-0.25, -0.2) is 9.48 Å². The Hall–Kier alpha value is -4.43. The zero-order valence-corrected chi connectivity index (χ0v) is 25.5. The fraction of sp³-hybridized carbons (Fsp3) is 0.343. The highest BCUT2D eigenvalue weighted by molar-refractivity contribution is 5.99. The molecule has 3 aromatic carbocycles. The molecule has 5 N–H and O–H groups in total. The number of benzene rings is 3. The van der Waals surface area contributed by atoms with Crippen LogP contribution < -0.4 is 21.7 Å². The van der Waals surface area contributed by atoms with Gasteiger partial charge < -0.3 is 16.4 Å². The molecule has 4 aromatic rings. The zero-order chi connectivity index (χ0) is 30.6. The van der Waals surface area contributed by atoms with Gasteiger partial charge in [0, 0.05) is 35.2 Å². The molecule has 224 valence electrons.